The number of rotatable bonds is 6. The van der Waals surface area contributed by atoms with Gasteiger partial charge < -0.3 is 9.80 Å². The molecule has 0 bridgehead atoms. The number of nitrogens with zero attached hydrogens (tertiary/aromatic N) is 4. The van der Waals surface area contributed by atoms with Crippen molar-refractivity contribution in [2.75, 3.05) is 38.6 Å². The van der Waals surface area contributed by atoms with Gasteiger partial charge in [-0.05, 0) is 50.9 Å². The predicted molar refractivity (Wildman–Crippen MR) is 86.6 cm³/mol. The van der Waals surface area contributed by atoms with Crippen LogP contribution in [0.5, 0.6) is 0 Å². The van der Waals surface area contributed by atoms with Crippen LogP contribution in [0.3, 0.4) is 0 Å². The SMILES string of the molecule is CC(C)CN(CCN(C)C)c1nc2c(cc1C#N)CCC2. The normalized spacial score (nSPS) is 13.6. The maximum absolute atomic E-state index is 9.48. The van der Waals surface area contributed by atoms with Crippen molar-refractivity contribution in [3.63, 3.8) is 0 Å². The van der Waals surface area contributed by atoms with E-state index in [-0.39, 0.29) is 0 Å². The van der Waals surface area contributed by atoms with E-state index >= 15 is 0 Å². The molecule has 1 aromatic rings. The Morgan fingerprint density at radius 2 is 2.05 bits per heavy atom. The third kappa shape index (κ3) is 3.95. The van der Waals surface area contributed by atoms with Crippen molar-refractivity contribution in [3.05, 3.63) is 22.9 Å². The molecular formula is C17H26N4. The number of nitriles is 1. The van der Waals surface area contributed by atoms with Gasteiger partial charge in [0.05, 0.1) is 5.56 Å². The fourth-order valence-electron chi connectivity index (χ4n) is 2.83. The summed E-state index contributed by atoms with van der Waals surface area (Å²) in [6.45, 7) is 7.24. The summed E-state index contributed by atoms with van der Waals surface area (Å²) in [6.07, 6.45) is 3.29. The first kappa shape index (κ1) is 15.8. The van der Waals surface area contributed by atoms with Crippen LogP contribution in [0.25, 0.3) is 0 Å². The lowest BCUT2D eigenvalue weighted by molar-refractivity contribution is 0.408. The summed E-state index contributed by atoms with van der Waals surface area (Å²) in [4.78, 5) is 9.29. The monoisotopic (exact) mass is 286 g/mol. The minimum atomic E-state index is 0.550. The van der Waals surface area contributed by atoms with Gasteiger partial charge >= 0.3 is 0 Å². The van der Waals surface area contributed by atoms with E-state index in [9.17, 15) is 5.26 Å². The van der Waals surface area contributed by atoms with Gasteiger partial charge in [-0.2, -0.15) is 5.26 Å². The van der Waals surface area contributed by atoms with Gasteiger partial charge in [0.1, 0.15) is 11.9 Å². The summed E-state index contributed by atoms with van der Waals surface area (Å²) in [5.74, 6) is 1.43. The lowest BCUT2D eigenvalue weighted by Gasteiger charge is -2.28. The highest BCUT2D eigenvalue weighted by atomic mass is 15.2. The standard InChI is InChI=1S/C17H26N4/c1-13(2)12-21(9-8-20(3)4)17-15(11-18)10-14-6-5-7-16(14)19-17/h10,13H,5-9,12H2,1-4H3. The molecular weight excluding hydrogens is 260 g/mol. The summed E-state index contributed by atoms with van der Waals surface area (Å²) in [7, 11) is 4.16. The van der Waals surface area contributed by atoms with Crippen LogP contribution in [-0.2, 0) is 12.8 Å². The van der Waals surface area contributed by atoms with Gasteiger partial charge in [0.2, 0.25) is 0 Å². The number of fused-ring (bicyclic) bond motifs is 1. The fourth-order valence-corrected chi connectivity index (χ4v) is 2.83. The minimum Gasteiger partial charge on any atom is -0.354 e. The molecule has 0 spiro atoms. The Kier molecular flexibility index (Phi) is 5.19. The van der Waals surface area contributed by atoms with Crippen molar-refractivity contribution in [3.8, 4) is 6.07 Å². The van der Waals surface area contributed by atoms with Gasteiger partial charge in [-0.3, -0.25) is 0 Å². The van der Waals surface area contributed by atoms with Crippen molar-refractivity contribution in [1.29, 1.82) is 5.26 Å². The highest BCUT2D eigenvalue weighted by molar-refractivity contribution is 5.57. The van der Waals surface area contributed by atoms with Crippen LogP contribution in [-0.4, -0.2) is 43.6 Å². The van der Waals surface area contributed by atoms with E-state index in [1.165, 1.54) is 17.7 Å². The Balaban J connectivity index is 2.31. The van der Waals surface area contributed by atoms with Crippen LogP contribution in [0.1, 0.15) is 37.1 Å². The summed E-state index contributed by atoms with van der Waals surface area (Å²) >= 11 is 0. The van der Waals surface area contributed by atoms with Gasteiger partial charge in [-0.1, -0.05) is 13.8 Å². The van der Waals surface area contributed by atoms with Crippen LogP contribution in [0.15, 0.2) is 6.07 Å². The topological polar surface area (TPSA) is 43.2 Å². The molecule has 0 aromatic carbocycles. The molecule has 0 radical (unpaired) electrons. The number of likely N-dealkylation sites (N-methyl/N-ethyl adjacent to an activating group) is 1. The van der Waals surface area contributed by atoms with Gasteiger partial charge in [0, 0.05) is 25.3 Å². The Hall–Kier alpha value is -1.60. The molecule has 0 N–H and O–H groups in total. The molecule has 0 atom stereocenters. The maximum Gasteiger partial charge on any atom is 0.146 e. The zero-order valence-electron chi connectivity index (χ0n) is 13.7. The molecule has 21 heavy (non-hydrogen) atoms. The molecule has 2 rings (SSSR count). The first-order valence-electron chi connectivity index (χ1n) is 7.83. The molecule has 0 unspecified atom stereocenters. The van der Waals surface area contributed by atoms with E-state index in [0.29, 0.717) is 5.92 Å². The van der Waals surface area contributed by atoms with Crippen molar-refractivity contribution in [2.45, 2.75) is 33.1 Å². The highest BCUT2D eigenvalue weighted by Gasteiger charge is 2.20. The van der Waals surface area contributed by atoms with E-state index in [0.717, 1.165) is 43.9 Å². The lowest BCUT2D eigenvalue weighted by Crippen LogP contribution is -2.35. The zero-order valence-corrected chi connectivity index (χ0v) is 13.7. The first-order chi connectivity index (χ1) is 10.0. The molecule has 0 saturated heterocycles. The number of aryl methyl sites for hydroxylation is 2. The van der Waals surface area contributed by atoms with Gasteiger partial charge in [0.15, 0.2) is 0 Å². The fraction of sp³-hybridized carbons (Fsp3) is 0.647. The summed E-state index contributed by atoms with van der Waals surface area (Å²) in [5.41, 5.74) is 3.20. The zero-order chi connectivity index (χ0) is 15.4. The van der Waals surface area contributed by atoms with Crippen LogP contribution in [0.4, 0.5) is 5.82 Å². The Labute approximate surface area is 128 Å². The molecule has 0 saturated carbocycles. The molecule has 0 aliphatic heterocycles. The Bertz CT molecular complexity index is 528. The first-order valence-corrected chi connectivity index (χ1v) is 7.83. The van der Waals surface area contributed by atoms with E-state index < -0.39 is 0 Å². The third-order valence-corrected chi connectivity index (χ3v) is 3.85. The summed E-state index contributed by atoms with van der Waals surface area (Å²) in [6, 6.07) is 4.41. The van der Waals surface area contributed by atoms with Crippen molar-refractivity contribution >= 4 is 5.82 Å². The van der Waals surface area contributed by atoms with Crippen molar-refractivity contribution in [2.24, 2.45) is 5.92 Å². The number of anilines is 1. The smallest absolute Gasteiger partial charge is 0.146 e. The summed E-state index contributed by atoms with van der Waals surface area (Å²) in [5, 5.41) is 9.48. The highest BCUT2D eigenvalue weighted by Crippen LogP contribution is 2.27. The van der Waals surface area contributed by atoms with Crippen LogP contribution >= 0.6 is 0 Å². The summed E-state index contributed by atoms with van der Waals surface area (Å²) < 4.78 is 0. The average Bonchev–Trinajstić information content (AvgIpc) is 2.88. The van der Waals surface area contributed by atoms with Crippen molar-refractivity contribution < 1.29 is 0 Å². The second kappa shape index (κ2) is 6.91. The third-order valence-electron chi connectivity index (χ3n) is 3.85. The molecule has 4 nitrogen and oxygen atoms in total. The largest absolute Gasteiger partial charge is 0.354 e. The maximum atomic E-state index is 9.48. The molecule has 0 amide bonds. The average molecular weight is 286 g/mol. The van der Waals surface area contributed by atoms with E-state index in [4.69, 9.17) is 4.98 Å². The van der Waals surface area contributed by atoms with E-state index in [1.807, 2.05) is 0 Å². The molecule has 1 aliphatic rings. The van der Waals surface area contributed by atoms with Gasteiger partial charge in [0.25, 0.3) is 0 Å². The number of hydrogen-bond donors (Lipinski definition) is 0. The van der Waals surface area contributed by atoms with E-state index in [1.54, 1.807) is 0 Å². The molecule has 114 valence electrons. The number of pyridine rings is 1. The van der Waals surface area contributed by atoms with E-state index in [2.05, 4.69) is 49.9 Å². The predicted octanol–water partition coefficient (Wildman–Crippen LogP) is 2.47. The van der Waals surface area contributed by atoms with Crippen LogP contribution in [0, 0.1) is 17.2 Å². The molecule has 1 aromatic heterocycles. The van der Waals surface area contributed by atoms with Crippen LogP contribution in [0.2, 0.25) is 0 Å². The second-order valence-electron chi connectivity index (χ2n) is 6.57. The molecule has 4 heteroatoms. The molecule has 1 aliphatic carbocycles. The second-order valence-corrected chi connectivity index (χ2v) is 6.57. The Morgan fingerprint density at radius 1 is 1.29 bits per heavy atom. The Morgan fingerprint density at radius 3 is 2.67 bits per heavy atom. The molecule has 0 fully saturated rings. The quantitative estimate of drug-likeness (QED) is 0.806. The van der Waals surface area contributed by atoms with Gasteiger partial charge in [-0.25, -0.2) is 4.98 Å². The number of hydrogen-bond acceptors (Lipinski definition) is 4. The van der Waals surface area contributed by atoms with Crippen molar-refractivity contribution in [1.82, 2.24) is 9.88 Å². The minimum absolute atomic E-state index is 0.550. The molecule has 1 heterocycles. The lowest BCUT2D eigenvalue weighted by atomic mass is 10.1. The number of aromatic nitrogens is 1. The van der Waals surface area contributed by atoms with Gasteiger partial charge in [-0.15, -0.1) is 0 Å². The van der Waals surface area contributed by atoms with Crippen LogP contribution < -0.4 is 4.90 Å².